The molecule has 1 atom stereocenters. The molecule has 0 aliphatic carbocycles. The molecule has 0 amide bonds. The van der Waals surface area contributed by atoms with Crippen molar-refractivity contribution in [2.24, 2.45) is 0 Å². The van der Waals surface area contributed by atoms with Crippen molar-refractivity contribution >= 4 is 27.6 Å². The van der Waals surface area contributed by atoms with E-state index in [9.17, 15) is 14.9 Å². The first-order valence-electron chi connectivity index (χ1n) is 9.82. The maximum atomic E-state index is 12.4. The summed E-state index contributed by atoms with van der Waals surface area (Å²) in [5.41, 5.74) is 2.87. The molecule has 0 fully saturated rings. The summed E-state index contributed by atoms with van der Waals surface area (Å²) >= 11 is 3.47. The van der Waals surface area contributed by atoms with Crippen LogP contribution in [0.4, 0.5) is 5.69 Å². The standard InChI is InChI=1S/C22H20BrN3O6/c1-13-20(26(28)29)14(2)25(24-13)10-19(27)30-11-16-8-18(23)9-17-12-31-22(32-21(16)17)15-6-4-3-5-7-15/h3-9,22H,10-12H2,1-2H3. The minimum Gasteiger partial charge on any atom is -0.460 e. The van der Waals surface area contributed by atoms with Gasteiger partial charge < -0.3 is 14.2 Å². The Kier molecular flexibility index (Phi) is 6.24. The molecule has 0 N–H and O–H groups in total. The molecule has 0 saturated carbocycles. The van der Waals surface area contributed by atoms with Gasteiger partial charge in [-0.2, -0.15) is 5.10 Å². The van der Waals surface area contributed by atoms with Crippen LogP contribution in [0, 0.1) is 24.0 Å². The van der Waals surface area contributed by atoms with Crippen LogP contribution in [0.15, 0.2) is 46.9 Å². The molecule has 0 saturated heterocycles. The second-order valence-electron chi connectivity index (χ2n) is 7.32. The third-order valence-corrected chi connectivity index (χ3v) is 5.55. The lowest BCUT2D eigenvalue weighted by atomic mass is 10.1. The van der Waals surface area contributed by atoms with Crippen molar-refractivity contribution in [3.63, 3.8) is 0 Å². The van der Waals surface area contributed by atoms with Crippen molar-refractivity contribution in [1.82, 2.24) is 9.78 Å². The average molecular weight is 502 g/mol. The van der Waals surface area contributed by atoms with Crippen LogP contribution >= 0.6 is 15.9 Å². The topological polar surface area (TPSA) is 106 Å². The summed E-state index contributed by atoms with van der Waals surface area (Å²) in [6.07, 6.45) is -0.561. The Morgan fingerprint density at radius 2 is 2.06 bits per heavy atom. The largest absolute Gasteiger partial charge is 0.460 e. The molecule has 0 radical (unpaired) electrons. The number of carbonyl (C=O) groups is 1. The van der Waals surface area contributed by atoms with Crippen LogP contribution in [-0.4, -0.2) is 20.7 Å². The number of halogens is 1. The SMILES string of the molecule is Cc1nn(CC(=O)OCc2cc(Br)cc3c2OC(c2ccccc2)OC3)c(C)c1[N+](=O)[O-]. The van der Waals surface area contributed by atoms with Gasteiger partial charge >= 0.3 is 11.7 Å². The molecule has 1 aromatic heterocycles. The Morgan fingerprint density at radius 1 is 1.31 bits per heavy atom. The summed E-state index contributed by atoms with van der Waals surface area (Å²) in [5.74, 6) is 0.0498. The van der Waals surface area contributed by atoms with Crippen molar-refractivity contribution in [2.45, 2.75) is 39.9 Å². The van der Waals surface area contributed by atoms with Crippen LogP contribution in [0.25, 0.3) is 0 Å². The summed E-state index contributed by atoms with van der Waals surface area (Å²) in [5, 5.41) is 15.2. The highest BCUT2D eigenvalue weighted by Gasteiger charge is 2.26. The van der Waals surface area contributed by atoms with E-state index in [2.05, 4.69) is 21.0 Å². The van der Waals surface area contributed by atoms with Gasteiger partial charge in [-0.25, -0.2) is 0 Å². The van der Waals surface area contributed by atoms with Gasteiger partial charge in [0.05, 0.1) is 11.5 Å². The Balaban J connectivity index is 1.48. The van der Waals surface area contributed by atoms with Gasteiger partial charge in [0.2, 0.25) is 6.29 Å². The number of aromatic nitrogens is 2. The Bertz CT molecular complexity index is 1180. The smallest absolute Gasteiger partial charge is 0.328 e. The third-order valence-electron chi connectivity index (χ3n) is 5.09. The summed E-state index contributed by atoms with van der Waals surface area (Å²) in [6.45, 7) is 3.18. The molecule has 2 aromatic carbocycles. The molecule has 0 bridgehead atoms. The molecule has 10 heteroatoms. The second kappa shape index (κ2) is 9.09. The molecule has 0 spiro atoms. The molecule has 9 nitrogen and oxygen atoms in total. The number of aryl methyl sites for hydroxylation is 1. The Morgan fingerprint density at radius 3 is 2.75 bits per heavy atom. The van der Waals surface area contributed by atoms with Gasteiger partial charge in [0.25, 0.3) is 0 Å². The lowest BCUT2D eigenvalue weighted by Crippen LogP contribution is -2.20. The van der Waals surface area contributed by atoms with E-state index in [-0.39, 0.29) is 24.5 Å². The van der Waals surface area contributed by atoms with E-state index in [1.54, 1.807) is 6.92 Å². The van der Waals surface area contributed by atoms with Crippen molar-refractivity contribution in [2.75, 3.05) is 0 Å². The highest BCUT2D eigenvalue weighted by Crippen LogP contribution is 2.38. The molecule has 3 aromatic rings. The van der Waals surface area contributed by atoms with Gasteiger partial charge in [-0.15, -0.1) is 0 Å². The number of nitrogens with zero attached hydrogens (tertiary/aromatic N) is 3. The highest BCUT2D eigenvalue weighted by molar-refractivity contribution is 9.10. The number of carbonyl (C=O) groups excluding carboxylic acids is 1. The maximum Gasteiger partial charge on any atom is 0.328 e. The fraction of sp³-hybridized carbons (Fsp3) is 0.273. The van der Waals surface area contributed by atoms with Crippen molar-refractivity contribution in [3.8, 4) is 5.75 Å². The van der Waals surface area contributed by atoms with E-state index < -0.39 is 17.2 Å². The van der Waals surface area contributed by atoms with E-state index in [0.29, 0.717) is 23.6 Å². The van der Waals surface area contributed by atoms with Gasteiger partial charge in [-0.3, -0.25) is 19.6 Å². The van der Waals surface area contributed by atoms with Gasteiger partial charge in [0, 0.05) is 21.2 Å². The maximum absolute atomic E-state index is 12.4. The summed E-state index contributed by atoms with van der Waals surface area (Å²) < 4.78 is 19.5. The minimum atomic E-state index is -0.564. The van der Waals surface area contributed by atoms with Crippen molar-refractivity contribution < 1.29 is 23.9 Å². The second-order valence-corrected chi connectivity index (χ2v) is 8.24. The first-order valence-corrected chi connectivity index (χ1v) is 10.6. The summed E-state index contributed by atoms with van der Waals surface area (Å²) in [7, 11) is 0. The van der Waals surface area contributed by atoms with E-state index in [1.807, 2.05) is 42.5 Å². The van der Waals surface area contributed by atoms with Crippen LogP contribution in [0.3, 0.4) is 0 Å². The Hall–Kier alpha value is -3.24. The number of nitro groups is 1. The van der Waals surface area contributed by atoms with Crippen molar-refractivity contribution in [3.05, 3.63) is 85.1 Å². The Labute approximate surface area is 192 Å². The van der Waals surface area contributed by atoms with Crippen LogP contribution in [0.2, 0.25) is 0 Å². The summed E-state index contributed by atoms with van der Waals surface area (Å²) in [4.78, 5) is 23.1. The van der Waals surface area contributed by atoms with Gasteiger partial charge in [-0.05, 0) is 26.0 Å². The van der Waals surface area contributed by atoms with E-state index >= 15 is 0 Å². The molecule has 2 heterocycles. The normalized spacial score (nSPS) is 15.0. The van der Waals surface area contributed by atoms with Crippen LogP contribution in [0.5, 0.6) is 5.75 Å². The van der Waals surface area contributed by atoms with Crippen molar-refractivity contribution in [1.29, 1.82) is 0 Å². The van der Waals surface area contributed by atoms with Crippen LogP contribution in [-0.2, 0) is 34.0 Å². The molecular formula is C22H20BrN3O6. The first-order chi connectivity index (χ1) is 15.3. The monoisotopic (exact) mass is 501 g/mol. The molecule has 166 valence electrons. The number of hydrogen-bond donors (Lipinski definition) is 0. The zero-order chi connectivity index (χ0) is 22.8. The van der Waals surface area contributed by atoms with Gasteiger partial charge in [-0.1, -0.05) is 46.3 Å². The van der Waals surface area contributed by atoms with Crippen LogP contribution in [0.1, 0.15) is 34.4 Å². The molecule has 1 aliphatic heterocycles. The molecular weight excluding hydrogens is 482 g/mol. The lowest BCUT2D eigenvalue weighted by Gasteiger charge is -2.28. The number of fused-ring (bicyclic) bond motifs is 1. The fourth-order valence-corrected chi connectivity index (χ4v) is 4.14. The van der Waals surface area contributed by atoms with Gasteiger partial charge in [0.1, 0.15) is 30.3 Å². The molecule has 4 rings (SSSR count). The molecule has 1 unspecified atom stereocenters. The zero-order valence-corrected chi connectivity index (χ0v) is 19.0. The van der Waals surface area contributed by atoms with E-state index in [1.165, 1.54) is 11.6 Å². The quantitative estimate of drug-likeness (QED) is 0.277. The number of hydrogen-bond acceptors (Lipinski definition) is 7. The van der Waals surface area contributed by atoms with E-state index in [0.717, 1.165) is 15.6 Å². The third kappa shape index (κ3) is 4.51. The fourth-order valence-electron chi connectivity index (χ4n) is 3.59. The lowest BCUT2D eigenvalue weighted by molar-refractivity contribution is -0.386. The van der Waals surface area contributed by atoms with Gasteiger partial charge in [0.15, 0.2) is 0 Å². The van der Waals surface area contributed by atoms with E-state index in [4.69, 9.17) is 14.2 Å². The molecule has 32 heavy (non-hydrogen) atoms. The minimum absolute atomic E-state index is 0.0243. The van der Waals surface area contributed by atoms with Crippen LogP contribution < -0.4 is 4.74 Å². The number of ether oxygens (including phenoxy) is 3. The predicted octanol–water partition coefficient (Wildman–Crippen LogP) is 4.52. The highest BCUT2D eigenvalue weighted by atomic mass is 79.9. The average Bonchev–Trinajstić information content (AvgIpc) is 3.05. The molecule has 1 aliphatic rings. The zero-order valence-electron chi connectivity index (χ0n) is 17.4. The predicted molar refractivity (Wildman–Crippen MR) is 117 cm³/mol. The number of rotatable bonds is 6. The number of esters is 1. The first kappa shape index (κ1) is 22.0. The summed E-state index contributed by atoms with van der Waals surface area (Å²) in [6, 6.07) is 13.3. The number of benzene rings is 2.